The third-order valence-electron chi connectivity index (χ3n) is 1.68. The predicted octanol–water partition coefficient (Wildman–Crippen LogP) is 1.45. The molecule has 1 aromatic rings. The highest BCUT2D eigenvalue weighted by atomic mass is 16.3. The summed E-state index contributed by atoms with van der Waals surface area (Å²) in [6, 6.07) is 7.07. The molecule has 2 nitrogen and oxygen atoms in total. The highest BCUT2D eigenvalue weighted by Crippen LogP contribution is 2.11. The van der Waals surface area contributed by atoms with E-state index in [1.165, 1.54) is 0 Å². The number of hydrogen-bond acceptors (Lipinski definition) is 2. The molecule has 0 unspecified atom stereocenters. The summed E-state index contributed by atoms with van der Waals surface area (Å²) in [6.45, 7) is 4.32. The molecule has 0 fully saturated rings. The van der Waals surface area contributed by atoms with Gasteiger partial charge in [0.2, 0.25) is 0 Å². The van der Waals surface area contributed by atoms with Gasteiger partial charge < -0.3 is 10.8 Å². The lowest BCUT2D eigenvalue weighted by atomic mass is 10.1. The molecule has 0 saturated carbocycles. The van der Waals surface area contributed by atoms with Gasteiger partial charge in [0.05, 0.1) is 0 Å². The summed E-state index contributed by atoms with van der Waals surface area (Å²) in [5, 5.41) is 9.00. The first-order chi connectivity index (χ1) is 5.72. The van der Waals surface area contributed by atoms with Gasteiger partial charge in [0.1, 0.15) is 5.75 Å². The Morgan fingerprint density at radius 1 is 1.33 bits per heavy atom. The minimum Gasteiger partial charge on any atom is -0.508 e. The quantitative estimate of drug-likeness (QED) is 0.662. The molecule has 0 aliphatic rings. The molecule has 1 aromatic carbocycles. The van der Waals surface area contributed by atoms with E-state index in [-0.39, 0.29) is 5.75 Å². The standard InChI is InChI=1S/C10H13NO/c1-8(7-11)6-9-2-4-10(12)5-3-9/h2-5,12H,1,6-7,11H2. The largest absolute Gasteiger partial charge is 0.508 e. The van der Waals surface area contributed by atoms with E-state index in [1.54, 1.807) is 12.1 Å². The first-order valence-corrected chi connectivity index (χ1v) is 3.87. The minimum atomic E-state index is 0.289. The maximum Gasteiger partial charge on any atom is 0.115 e. The topological polar surface area (TPSA) is 46.2 Å². The van der Waals surface area contributed by atoms with Crippen LogP contribution in [0.15, 0.2) is 36.4 Å². The van der Waals surface area contributed by atoms with Gasteiger partial charge >= 0.3 is 0 Å². The molecule has 0 atom stereocenters. The van der Waals surface area contributed by atoms with Crippen molar-refractivity contribution in [3.8, 4) is 5.75 Å². The van der Waals surface area contributed by atoms with Crippen LogP contribution in [0.5, 0.6) is 5.75 Å². The van der Waals surface area contributed by atoms with Crippen molar-refractivity contribution in [2.24, 2.45) is 5.73 Å². The molecule has 0 heterocycles. The Balaban J connectivity index is 2.64. The third kappa shape index (κ3) is 2.40. The molecule has 2 heteroatoms. The van der Waals surface area contributed by atoms with Gasteiger partial charge in [-0.3, -0.25) is 0 Å². The lowest BCUT2D eigenvalue weighted by Crippen LogP contribution is -2.03. The summed E-state index contributed by atoms with van der Waals surface area (Å²) in [7, 11) is 0. The van der Waals surface area contributed by atoms with Crippen LogP contribution in [-0.2, 0) is 6.42 Å². The van der Waals surface area contributed by atoms with Crippen LogP contribution in [0.25, 0.3) is 0 Å². The second kappa shape index (κ2) is 3.93. The van der Waals surface area contributed by atoms with Crippen LogP contribution in [0.1, 0.15) is 5.56 Å². The van der Waals surface area contributed by atoms with Crippen molar-refractivity contribution in [2.45, 2.75) is 6.42 Å². The van der Waals surface area contributed by atoms with Crippen molar-refractivity contribution in [3.05, 3.63) is 42.0 Å². The van der Waals surface area contributed by atoms with E-state index in [0.717, 1.165) is 17.6 Å². The second-order valence-electron chi connectivity index (χ2n) is 2.80. The lowest BCUT2D eigenvalue weighted by molar-refractivity contribution is 0.475. The van der Waals surface area contributed by atoms with Gasteiger partial charge in [-0.2, -0.15) is 0 Å². The highest BCUT2D eigenvalue weighted by Gasteiger charge is 1.95. The molecular formula is C10H13NO. The summed E-state index contributed by atoms with van der Waals surface area (Å²) < 4.78 is 0. The highest BCUT2D eigenvalue weighted by molar-refractivity contribution is 5.28. The van der Waals surface area contributed by atoms with E-state index in [2.05, 4.69) is 6.58 Å². The number of phenols is 1. The van der Waals surface area contributed by atoms with Crippen LogP contribution in [0.3, 0.4) is 0 Å². The van der Waals surface area contributed by atoms with Crippen LogP contribution < -0.4 is 5.73 Å². The molecule has 12 heavy (non-hydrogen) atoms. The molecular weight excluding hydrogens is 150 g/mol. The molecule has 0 saturated heterocycles. The molecule has 3 N–H and O–H groups in total. The number of benzene rings is 1. The Kier molecular flexibility index (Phi) is 2.88. The monoisotopic (exact) mass is 163 g/mol. The van der Waals surface area contributed by atoms with Gasteiger partial charge in [-0.15, -0.1) is 0 Å². The van der Waals surface area contributed by atoms with E-state index >= 15 is 0 Å². The zero-order valence-electron chi connectivity index (χ0n) is 6.96. The van der Waals surface area contributed by atoms with E-state index in [0.29, 0.717) is 6.54 Å². The second-order valence-corrected chi connectivity index (χ2v) is 2.80. The zero-order valence-corrected chi connectivity index (χ0v) is 6.96. The van der Waals surface area contributed by atoms with Gasteiger partial charge in [0, 0.05) is 6.54 Å². The maximum absolute atomic E-state index is 9.00. The van der Waals surface area contributed by atoms with Crippen molar-refractivity contribution >= 4 is 0 Å². The number of rotatable bonds is 3. The van der Waals surface area contributed by atoms with E-state index in [1.807, 2.05) is 12.1 Å². The predicted molar refractivity (Wildman–Crippen MR) is 50.0 cm³/mol. The molecule has 0 amide bonds. The molecule has 0 aliphatic carbocycles. The molecule has 0 radical (unpaired) electrons. The third-order valence-corrected chi connectivity index (χ3v) is 1.68. The van der Waals surface area contributed by atoms with Crippen LogP contribution in [0, 0.1) is 0 Å². The molecule has 0 bridgehead atoms. The fourth-order valence-corrected chi connectivity index (χ4v) is 0.975. The summed E-state index contributed by atoms with van der Waals surface area (Å²) in [5.74, 6) is 0.289. The van der Waals surface area contributed by atoms with Crippen LogP contribution >= 0.6 is 0 Å². The molecule has 1 rings (SSSR count). The van der Waals surface area contributed by atoms with E-state index < -0.39 is 0 Å². The molecule has 0 spiro atoms. The van der Waals surface area contributed by atoms with Gasteiger partial charge in [0.25, 0.3) is 0 Å². The number of nitrogens with two attached hydrogens (primary N) is 1. The fourth-order valence-electron chi connectivity index (χ4n) is 0.975. The fraction of sp³-hybridized carbons (Fsp3) is 0.200. The summed E-state index contributed by atoms with van der Waals surface area (Å²) in [4.78, 5) is 0. The SMILES string of the molecule is C=C(CN)Cc1ccc(O)cc1. The van der Waals surface area contributed by atoms with Crippen LogP contribution in [0.4, 0.5) is 0 Å². The smallest absolute Gasteiger partial charge is 0.115 e. The number of aromatic hydroxyl groups is 1. The summed E-state index contributed by atoms with van der Waals surface area (Å²) in [5.41, 5.74) is 7.53. The minimum absolute atomic E-state index is 0.289. The molecule has 0 aromatic heterocycles. The average Bonchev–Trinajstić information content (AvgIpc) is 2.09. The van der Waals surface area contributed by atoms with Crippen LogP contribution in [-0.4, -0.2) is 11.7 Å². The van der Waals surface area contributed by atoms with E-state index in [9.17, 15) is 0 Å². The first-order valence-electron chi connectivity index (χ1n) is 3.87. The van der Waals surface area contributed by atoms with Gasteiger partial charge in [-0.05, 0) is 24.1 Å². The van der Waals surface area contributed by atoms with Crippen molar-refractivity contribution in [1.29, 1.82) is 0 Å². The van der Waals surface area contributed by atoms with Crippen molar-refractivity contribution < 1.29 is 5.11 Å². The molecule has 64 valence electrons. The van der Waals surface area contributed by atoms with Crippen LogP contribution in [0.2, 0.25) is 0 Å². The maximum atomic E-state index is 9.00. The normalized spacial score (nSPS) is 9.75. The summed E-state index contributed by atoms with van der Waals surface area (Å²) in [6.07, 6.45) is 0.788. The number of hydrogen-bond donors (Lipinski definition) is 2. The Hall–Kier alpha value is -1.28. The van der Waals surface area contributed by atoms with Crippen molar-refractivity contribution in [3.63, 3.8) is 0 Å². The Labute approximate surface area is 72.3 Å². The van der Waals surface area contributed by atoms with Crippen molar-refractivity contribution in [1.82, 2.24) is 0 Å². The number of phenolic OH excluding ortho intramolecular Hbond substituents is 1. The Morgan fingerprint density at radius 2 is 1.92 bits per heavy atom. The van der Waals surface area contributed by atoms with Gasteiger partial charge in [0.15, 0.2) is 0 Å². The first kappa shape index (κ1) is 8.81. The van der Waals surface area contributed by atoms with Gasteiger partial charge in [-0.1, -0.05) is 24.3 Å². The summed E-state index contributed by atoms with van der Waals surface area (Å²) >= 11 is 0. The van der Waals surface area contributed by atoms with Crippen molar-refractivity contribution in [2.75, 3.05) is 6.54 Å². The average molecular weight is 163 g/mol. The Morgan fingerprint density at radius 3 is 2.42 bits per heavy atom. The lowest BCUT2D eigenvalue weighted by Gasteiger charge is -2.02. The van der Waals surface area contributed by atoms with E-state index in [4.69, 9.17) is 10.8 Å². The van der Waals surface area contributed by atoms with Gasteiger partial charge in [-0.25, -0.2) is 0 Å². The molecule has 0 aliphatic heterocycles. The Bertz CT molecular complexity index is 264. The zero-order chi connectivity index (χ0) is 8.97.